The normalized spacial score (nSPS) is 12.4. The summed E-state index contributed by atoms with van der Waals surface area (Å²) in [5, 5.41) is 0. The molecule has 0 aliphatic heterocycles. The van der Waals surface area contributed by atoms with Gasteiger partial charge in [-0.2, -0.15) is 0 Å². The van der Waals surface area contributed by atoms with Gasteiger partial charge in [0, 0.05) is 12.5 Å². The zero-order valence-electron chi connectivity index (χ0n) is 9.01. The molecule has 1 atom stereocenters. The first-order valence-electron chi connectivity index (χ1n) is 4.93. The van der Waals surface area contributed by atoms with E-state index in [2.05, 4.69) is 11.9 Å². The largest absolute Gasteiger partial charge is 0.476 e. The van der Waals surface area contributed by atoms with Crippen LogP contribution in [0.3, 0.4) is 0 Å². The maximum atomic E-state index is 5.41. The Kier molecular flexibility index (Phi) is 2.92. The summed E-state index contributed by atoms with van der Waals surface area (Å²) in [4.78, 5) is 4.23. The van der Waals surface area contributed by atoms with E-state index in [4.69, 9.17) is 14.9 Å². The van der Waals surface area contributed by atoms with Crippen molar-refractivity contribution in [3.8, 4) is 17.2 Å². The van der Waals surface area contributed by atoms with Gasteiger partial charge in [0.05, 0.1) is 5.69 Å². The zero-order valence-corrected chi connectivity index (χ0v) is 9.01. The minimum atomic E-state index is -0.560. The molecule has 4 heteroatoms. The van der Waals surface area contributed by atoms with Crippen molar-refractivity contribution in [3.05, 3.63) is 43.1 Å². The molecule has 4 nitrogen and oxygen atoms in total. The molecule has 16 heavy (non-hydrogen) atoms. The van der Waals surface area contributed by atoms with Gasteiger partial charge in [-0.1, -0.05) is 0 Å². The van der Waals surface area contributed by atoms with Crippen molar-refractivity contribution in [2.45, 2.75) is 13.2 Å². The van der Waals surface area contributed by atoms with Gasteiger partial charge in [-0.25, -0.2) is 4.98 Å². The Morgan fingerprint density at radius 3 is 2.56 bits per heavy atom. The minimum Gasteiger partial charge on any atom is -0.476 e. The molecule has 0 aliphatic carbocycles. The summed E-state index contributed by atoms with van der Waals surface area (Å²) in [6.07, 6.45) is 1.06. The predicted molar refractivity (Wildman–Crippen MR) is 60.6 cm³/mol. The van der Waals surface area contributed by atoms with Crippen LogP contribution in [0.25, 0.3) is 11.5 Å². The number of benzene rings is 1. The SMILES string of the molecule is [CH2]C(N)Oc1ccc(-c2nc(C)co2)cc1. The lowest BCUT2D eigenvalue weighted by molar-refractivity contribution is 0.255. The van der Waals surface area contributed by atoms with E-state index in [1.807, 2.05) is 19.1 Å². The molecule has 83 valence electrons. The van der Waals surface area contributed by atoms with E-state index in [0.29, 0.717) is 11.6 Å². The van der Waals surface area contributed by atoms with Gasteiger partial charge >= 0.3 is 0 Å². The van der Waals surface area contributed by atoms with Gasteiger partial charge in [-0.05, 0) is 31.2 Å². The van der Waals surface area contributed by atoms with Crippen LogP contribution in [0.5, 0.6) is 5.75 Å². The van der Waals surface area contributed by atoms with Crippen molar-refractivity contribution in [2.75, 3.05) is 0 Å². The smallest absolute Gasteiger partial charge is 0.226 e. The summed E-state index contributed by atoms with van der Waals surface area (Å²) >= 11 is 0. The first-order valence-corrected chi connectivity index (χ1v) is 4.93. The average molecular weight is 217 g/mol. The molecule has 1 heterocycles. The number of aromatic nitrogens is 1. The maximum absolute atomic E-state index is 5.41. The van der Waals surface area contributed by atoms with E-state index in [-0.39, 0.29) is 0 Å². The number of nitrogens with two attached hydrogens (primary N) is 1. The Balaban J connectivity index is 2.19. The third-order valence-electron chi connectivity index (χ3n) is 2.01. The molecule has 0 aliphatic rings. The molecule has 0 saturated heterocycles. The third kappa shape index (κ3) is 2.41. The van der Waals surface area contributed by atoms with E-state index in [1.165, 1.54) is 0 Å². The van der Waals surface area contributed by atoms with Gasteiger partial charge in [0.1, 0.15) is 18.2 Å². The number of nitrogens with zero attached hydrogens (tertiary/aromatic N) is 1. The van der Waals surface area contributed by atoms with Crippen molar-refractivity contribution in [1.82, 2.24) is 4.98 Å². The summed E-state index contributed by atoms with van der Waals surface area (Å²) < 4.78 is 10.5. The second kappa shape index (κ2) is 4.37. The van der Waals surface area contributed by atoms with Crippen LogP contribution < -0.4 is 10.5 Å². The van der Waals surface area contributed by atoms with E-state index in [9.17, 15) is 0 Å². The van der Waals surface area contributed by atoms with Crippen LogP contribution in [-0.4, -0.2) is 11.2 Å². The van der Waals surface area contributed by atoms with Crippen LogP contribution >= 0.6 is 0 Å². The Morgan fingerprint density at radius 2 is 2.06 bits per heavy atom. The number of oxazole rings is 1. The Bertz CT molecular complexity index is 460. The molecule has 2 aromatic rings. The number of hydrogen-bond acceptors (Lipinski definition) is 4. The lowest BCUT2D eigenvalue weighted by Crippen LogP contribution is -2.22. The molecule has 0 fully saturated rings. The number of rotatable bonds is 3. The molecule has 0 bridgehead atoms. The topological polar surface area (TPSA) is 61.3 Å². The molecule has 1 aromatic carbocycles. The van der Waals surface area contributed by atoms with Gasteiger partial charge in [-0.3, -0.25) is 5.73 Å². The lowest BCUT2D eigenvalue weighted by atomic mass is 10.2. The van der Waals surface area contributed by atoms with Crippen molar-refractivity contribution < 1.29 is 9.15 Å². The lowest BCUT2D eigenvalue weighted by Gasteiger charge is -2.08. The molecule has 1 unspecified atom stereocenters. The van der Waals surface area contributed by atoms with E-state index in [1.54, 1.807) is 18.4 Å². The quantitative estimate of drug-likeness (QED) is 0.800. The van der Waals surface area contributed by atoms with Gasteiger partial charge in [0.2, 0.25) is 5.89 Å². The van der Waals surface area contributed by atoms with Crippen LogP contribution in [-0.2, 0) is 0 Å². The molecule has 2 rings (SSSR count). The van der Waals surface area contributed by atoms with E-state index < -0.39 is 6.23 Å². The van der Waals surface area contributed by atoms with Crippen molar-refractivity contribution in [2.24, 2.45) is 5.73 Å². The fourth-order valence-corrected chi connectivity index (χ4v) is 1.34. The maximum Gasteiger partial charge on any atom is 0.226 e. The van der Waals surface area contributed by atoms with Crippen LogP contribution in [0, 0.1) is 13.8 Å². The fourth-order valence-electron chi connectivity index (χ4n) is 1.34. The third-order valence-corrected chi connectivity index (χ3v) is 2.01. The first-order chi connectivity index (χ1) is 7.65. The molecule has 0 spiro atoms. The number of hydrogen-bond donors (Lipinski definition) is 1. The number of aryl methyl sites for hydroxylation is 1. The zero-order chi connectivity index (χ0) is 11.5. The second-order valence-electron chi connectivity index (χ2n) is 3.47. The standard InChI is InChI=1S/C12H13N2O2/c1-8-7-15-12(14-8)10-3-5-11(6-4-10)16-9(2)13/h3-7,9H,2,13H2,1H3. The van der Waals surface area contributed by atoms with Crippen LogP contribution in [0.1, 0.15) is 5.69 Å². The van der Waals surface area contributed by atoms with Crippen molar-refractivity contribution in [3.63, 3.8) is 0 Å². The van der Waals surface area contributed by atoms with Gasteiger partial charge in [0.15, 0.2) is 0 Å². The van der Waals surface area contributed by atoms with Crippen LogP contribution in [0.4, 0.5) is 0 Å². The van der Waals surface area contributed by atoms with Crippen LogP contribution in [0.15, 0.2) is 34.9 Å². The Hall–Kier alpha value is -1.81. The van der Waals surface area contributed by atoms with Gasteiger partial charge < -0.3 is 9.15 Å². The molecular weight excluding hydrogens is 204 g/mol. The highest BCUT2D eigenvalue weighted by Gasteiger charge is 2.04. The Labute approximate surface area is 94.1 Å². The van der Waals surface area contributed by atoms with Gasteiger partial charge in [0.25, 0.3) is 0 Å². The van der Waals surface area contributed by atoms with Crippen LogP contribution in [0.2, 0.25) is 0 Å². The molecule has 0 saturated carbocycles. The fraction of sp³-hybridized carbons (Fsp3) is 0.167. The van der Waals surface area contributed by atoms with Crippen molar-refractivity contribution >= 4 is 0 Å². The summed E-state index contributed by atoms with van der Waals surface area (Å²) in [5.74, 6) is 1.28. The summed E-state index contributed by atoms with van der Waals surface area (Å²) in [5.41, 5.74) is 7.17. The predicted octanol–water partition coefficient (Wildman–Crippen LogP) is 2.15. The molecule has 2 N–H and O–H groups in total. The highest BCUT2D eigenvalue weighted by Crippen LogP contribution is 2.21. The van der Waals surface area contributed by atoms with E-state index in [0.717, 1.165) is 11.3 Å². The first kappa shape index (κ1) is 10.7. The van der Waals surface area contributed by atoms with Crippen molar-refractivity contribution in [1.29, 1.82) is 0 Å². The molecule has 0 amide bonds. The monoisotopic (exact) mass is 217 g/mol. The highest BCUT2D eigenvalue weighted by atomic mass is 16.5. The van der Waals surface area contributed by atoms with E-state index >= 15 is 0 Å². The highest BCUT2D eigenvalue weighted by molar-refractivity contribution is 5.54. The second-order valence-corrected chi connectivity index (χ2v) is 3.47. The minimum absolute atomic E-state index is 0.560. The summed E-state index contributed by atoms with van der Waals surface area (Å²) in [7, 11) is 0. The summed E-state index contributed by atoms with van der Waals surface area (Å²) in [6.45, 7) is 5.42. The number of ether oxygens (including phenoxy) is 1. The molecule has 1 radical (unpaired) electrons. The summed E-state index contributed by atoms with van der Waals surface area (Å²) in [6, 6.07) is 7.34. The van der Waals surface area contributed by atoms with Gasteiger partial charge in [-0.15, -0.1) is 0 Å². The Morgan fingerprint density at radius 1 is 1.38 bits per heavy atom. The average Bonchev–Trinajstić information content (AvgIpc) is 2.65. The molecular formula is C12H13N2O2. The molecule has 1 aromatic heterocycles.